The smallest absolute Gasteiger partial charge is 0.251 e. The lowest BCUT2D eigenvalue weighted by molar-refractivity contribution is -0.117. The summed E-state index contributed by atoms with van der Waals surface area (Å²) in [6, 6.07) is 7.12. The summed E-state index contributed by atoms with van der Waals surface area (Å²) in [6.45, 7) is 5.13. The van der Waals surface area contributed by atoms with Crippen LogP contribution in [0.25, 0.3) is 0 Å². The Labute approximate surface area is 181 Å². The molecular formula is C21H29N7O3. The van der Waals surface area contributed by atoms with Crippen LogP contribution in [0.3, 0.4) is 0 Å². The quantitative estimate of drug-likeness (QED) is 0.427. The molecule has 1 aliphatic rings. The Bertz CT molecular complexity index is 923. The van der Waals surface area contributed by atoms with Crippen LogP contribution in [0.4, 0.5) is 0 Å². The van der Waals surface area contributed by atoms with Gasteiger partial charge in [-0.15, -0.1) is 0 Å². The molecule has 1 aromatic carbocycles. The van der Waals surface area contributed by atoms with Crippen LogP contribution >= 0.6 is 0 Å². The number of aryl methyl sites for hydroxylation is 1. The number of nitrogens with zero attached hydrogens (tertiary/aromatic N) is 4. The number of carbonyl (C=O) groups excluding carboxylic acids is 2. The standard InChI is InChI=1S/C21H29N7O3/c1-3-23-21(28-8-9-31-18(14-28)17-11-26-27(2)13-17)25-10-15-4-6-16(7-5-15)20(30)24-12-19(22)29/h4-7,11,13,18H,3,8-10,12,14H2,1-2H3,(H2,22,29)(H,23,25)(H,24,30). The van der Waals surface area contributed by atoms with E-state index in [9.17, 15) is 9.59 Å². The van der Waals surface area contributed by atoms with Gasteiger partial charge in [0.05, 0.1) is 32.4 Å². The van der Waals surface area contributed by atoms with Crippen molar-refractivity contribution in [2.75, 3.05) is 32.8 Å². The molecule has 2 amide bonds. The van der Waals surface area contributed by atoms with Gasteiger partial charge in [-0.25, -0.2) is 4.99 Å². The zero-order valence-electron chi connectivity index (χ0n) is 17.9. The minimum atomic E-state index is -0.580. The Balaban J connectivity index is 1.63. The molecule has 31 heavy (non-hydrogen) atoms. The molecule has 166 valence electrons. The number of aromatic nitrogens is 2. The maximum atomic E-state index is 12.0. The monoisotopic (exact) mass is 427 g/mol. The van der Waals surface area contributed by atoms with Crippen LogP contribution in [0.1, 0.15) is 34.5 Å². The minimum Gasteiger partial charge on any atom is -0.370 e. The molecule has 2 aromatic rings. The molecule has 0 spiro atoms. The van der Waals surface area contributed by atoms with Crippen molar-refractivity contribution in [1.82, 2.24) is 25.3 Å². The molecule has 0 saturated carbocycles. The molecule has 1 saturated heterocycles. The van der Waals surface area contributed by atoms with Crippen LogP contribution < -0.4 is 16.4 Å². The van der Waals surface area contributed by atoms with Gasteiger partial charge in [0.1, 0.15) is 6.10 Å². The van der Waals surface area contributed by atoms with E-state index in [1.165, 1.54) is 0 Å². The zero-order chi connectivity index (χ0) is 22.2. The molecule has 4 N–H and O–H groups in total. The van der Waals surface area contributed by atoms with E-state index in [4.69, 9.17) is 15.5 Å². The fourth-order valence-electron chi connectivity index (χ4n) is 3.27. The highest BCUT2D eigenvalue weighted by Gasteiger charge is 2.25. The van der Waals surface area contributed by atoms with Gasteiger partial charge in [0.2, 0.25) is 5.91 Å². The third kappa shape index (κ3) is 6.29. The second kappa shape index (κ2) is 10.6. The number of carbonyl (C=O) groups is 2. The number of rotatable bonds is 7. The topological polar surface area (TPSA) is 127 Å². The van der Waals surface area contributed by atoms with Crippen molar-refractivity contribution in [1.29, 1.82) is 0 Å². The van der Waals surface area contributed by atoms with Gasteiger partial charge in [-0.2, -0.15) is 5.10 Å². The summed E-state index contributed by atoms with van der Waals surface area (Å²) in [5.74, 6) is -0.0935. The van der Waals surface area contributed by atoms with Crippen LogP contribution in [0, 0.1) is 0 Å². The number of ether oxygens (including phenoxy) is 1. The maximum absolute atomic E-state index is 12.0. The summed E-state index contributed by atoms with van der Waals surface area (Å²) >= 11 is 0. The first kappa shape index (κ1) is 22.3. The summed E-state index contributed by atoms with van der Waals surface area (Å²) in [7, 11) is 1.89. The number of morpholine rings is 1. The Kier molecular flexibility index (Phi) is 7.60. The van der Waals surface area contributed by atoms with Gasteiger partial charge in [0.25, 0.3) is 5.91 Å². The highest BCUT2D eigenvalue weighted by atomic mass is 16.5. The average Bonchev–Trinajstić information content (AvgIpc) is 3.21. The molecule has 1 aromatic heterocycles. The van der Waals surface area contributed by atoms with Crippen molar-refractivity contribution < 1.29 is 14.3 Å². The normalized spacial score (nSPS) is 16.8. The van der Waals surface area contributed by atoms with Gasteiger partial charge in [-0.05, 0) is 24.6 Å². The second-order valence-corrected chi connectivity index (χ2v) is 7.27. The number of hydrogen-bond donors (Lipinski definition) is 3. The van der Waals surface area contributed by atoms with Crippen LogP contribution in [-0.4, -0.2) is 65.2 Å². The third-order valence-electron chi connectivity index (χ3n) is 4.85. The molecule has 3 rings (SSSR count). The van der Waals surface area contributed by atoms with Crippen molar-refractivity contribution in [2.24, 2.45) is 17.8 Å². The van der Waals surface area contributed by atoms with Crippen molar-refractivity contribution in [2.45, 2.75) is 19.6 Å². The van der Waals surface area contributed by atoms with Gasteiger partial charge < -0.3 is 26.0 Å². The first-order valence-electron chi connectivity index (χ1n) is 10.2. The molecule has 0 aliphatic carbocycles. The van der Waals surface area contributed by atoms with Crippen molar-refractivity contribution in [3.05, 3.63) is 53.3 Å². The van der Waals surface area contributed by atoms with Gasteiger partial charge in [0, 0.05) is 37.5 Å². The molecule has 0 bridgehead atoms. The number of primary amides is 1. The molecule has 0 radical (unpaired) electrons. The van der Waals surface area contributed by atoms with Gasteiger partial charge in [-0.3, -0.25) is 14.3 Å². The summed E-state index contributed by atoms with van der Waals surface area (Å²) in [6.07, 6.45) is 3.75. The molecule has 1 unspecified atom stereocenters. The third-order valence-corrected chi connectivity index (χ3v) is 4.85. The lowest BCUT2D eigenvalue weighted by Gasteiger charge is -2.34. The van der Waals surface area contributed by atoms with E-state index in [0.717, 1.165) is 30.2 Å². The van der Waals surface area contributed by atoms with E-state index >= 15 is 0 Å². The first-order chi connectivity index (χ1) is 15.0. The number of aliphatic imine (C=N–C) groups is 1. The summed E-state index contributed by atoms with van der Waals surface area (Å²) < 4.78 is 7.70. The fourth-order valence-corrected chi connectivity index (χ4v) is 3.27. The van der Waals surface area contributed by atoms with Gasteiger partial charge in [0.15, 0.2) is 5.96 Å². The Morgan fingerprint density at radius 3 is 2.71 bits per heavy atom. The number of hydrogen-bond acceptors (Lipinski definition) is 5. The van der Waals surface area contributed by atoms with E-state index < -0.39 is 5.91 Å². The summed E-state index contributed by atoms with van der Waals surface area (Å²) in [5.41, 5.74) is 7.54. The fraction of sp³-hybridized carbons (Fsp3) is 0.429. The summed E-state index contributed by atoms with van der Waals surface area (Å²) in [4.78, 5) is 29.7. The predicted octanol–water partition coefficient (Wildman–Crippen LogP) is 0.174. The second-order valence-electron chi connectivity index (χ2n) is 7.27. The zero-order valence-corrected chi connectivity index (χ0v) is 17.9. The molecular weight excluding hydrogens is 398 g/mol. The van der Waals surface area contributed by atoms with Gasteiger partial charge >= 0.3 is 0 Å². The number of guanidine groups is 1. The van der Waals surface area contributed by atoms with Crippen molar-refractivity contribution in [3.8, 4) is 0 Å². The van der Waals surface area contributed by atoms with Crippen LogP contribution in [-0.2, 0) is 23.1 Å². The number of nitrogens with one attached hydrogen (secondary N) is 2. The average molecular weight is 428 g/mol. The SMILES string of the molecule is CCNC(=NCc1ccc(C(=O)NCC(N)=O)cc1)N1CCOC(c2cnn(C)c2)C1. The van der Waals surface area contributed by atoms with Crippen molar-refractivity contribution >= 4 is 17.8 Å². The molecule has 2 heterocycles. The summed E-state index contributed by atoms with van der Waals surface area (Å²) in [5, 5.41) is 10.1. The largest absolute Gasteiger partial charge is 0.370 e. The van der Waals surface area contributed by atoms with Gasteiger partial charge in [-0.1, -0.05) is 12.1 Å². The minimum absolute atomic E-state index is 0.0514. The lowest BCUT2D eigenvalue weighted by atomic mass is 10.1. The maximum Gasteiger partial charge on any atom is 0.251 e. The molecule has 10 heteroatoms. The van der Waals surface area contributed by atoms with Crippen LogP contribution in [0.15, 0.2) is 41.7 Å². The Morgan fingerprint density at radius 2 is 2.06 bits per heavy atom. The highest BCUT2D eigenvalue weighted by Crippen LogP contribution is 2.21. The Hall–Kier alpha value is -3.40. The van der Waals surface area contributed by atoms with E-state index in [2.05, 4.69) is 20.6 Å². The van der Waals surface area contributed by atoms with E-state index in [-0.39, 0.29) is 18.6 Å². The lowest BCUT2D eigenvalue weighted by Crippen LogP contribution is -2.48. The van der Waals surface area contributed by atoms with E-state index in [0.29, 0.717) is 25.3 Å². The molecule has 1 aliphatic heterocycles. The molecule has 1 atom stereocenters. The van der Waals surface area contributed by atoms with Crippen molar-refractivity contribution in [3.63, 3.8) is 0 Å². The number of benzene rings is 1. The number of amides is 2. The predicted molar refractivity (Wildman–Crippen MR) is 116 cm³/mol. The van der Waals surface area contributed by atoms with Crippen LogP contribution in [0.5, 0.6) is 0 Å². The molecule has 10 nitrogen and oxygen atoms in total. The Morgan fingerprint density at radius 1 is 1.29 bits per heavy atom. The van der Waals surface area contributed by atoms with Crippen LogP contribution in [0.2, 0.25) is 0 Å². The highest BCUT2D eigenvalue weighted by molar-refractivity contribution is 5.96. The number of nitrogens with two attached hydrogens (primary N) is 1. The van der Waals surface area contributed by atoms with E-state index in [1.807, 2.05) is 38.5 Å². The first-order valence-corrected chi connectivity index (χ1v) is 10.2. The molecule has 1 fully saturated rings. The van der Waals surface area contributed by atoms with E-state index in [1.54, 1.807) is 16.8 Å².